The summed E-state index contributed by atoms with van der Waals surface area (Å²) in [6.07, 6.45) is 54.9. The minimum atomic E-state index is 1.23. The smallest absolute Gasteiger partial charge is 0.0173 e. The van der Waals surface area contributed by atoms with E-state index in [-0.39, 0.29) is 0 Å². The third-order valence-corrected chi connectivity index (χ3v) is 7.73. The molecule has 0 atom stereocenters. The number of rotatable bonds is 32. The maximum absolute atomic E-state index is 3.67. The first-order valence-electron chi connectivity index (χ1n) is 17.4. The zero-order valence-electron chi connectivity index (χ0n) is 26.0. The van der Waals surface area contributed by atoms with Gasteiger partial charge in [0.15, 0.2) is 0 Å². The molecule has 0 N–H and O–H groups in total. The molecule has 0 spiro atoms. The summed E-state index contributed by atoms with van der Waals surface area (Å²) < 4.78 is 0. The quantitative estimate of drug-likeness (QED) is 0.0618. The molecule has 0 nitrogen and oxygen atoms in total. The lowest BCUT2D eigenvalue weighted by Crippen LogP contribution is -1.84. The number of unbranched alkanes of at least 4 members (excludes halogenated alkanes) is 28. The number of allylic oxidation sites excluding steroid dienone is 4. The van der Waals surface area contributed by atoms with Crippen LogP contribution in [0.1, 0.15) is 206 Å². The first-order valence-corrected chi connectivity index (χ1v) is 17.4. The van der Waals surface area contributed by atoms with Crippen molar-refractivity contribution in [2.24, 2.45) is 0 Å². The van der Waals surface area contributed by atoms with Crippen LogP contribution in [0.4, 0.5) is 0 Å². The van der Waals surface area contributed by atoms with Crippen molar-refractivity contribution in [3.63, 3.8) is 0 Å². The first kappa shape index (κ1) is 36.5. The Morgan fingerprint density at radius 2 is 0.541 bits per heavy atom. The molecule has 0 unspecified atom stereocenters. The van der Waals surface area contributed by atoms with Gasteiger partial charge >= 0.3 is 0 Å². The van der Waals surface area contributed by atoms with Gasteiger partial charge in [0.1, 0.15) is 0 Å². The Hall–Kier alpha value is -0.520. The Balaban J connectivity index is 3.09. The van der Waals surface area contributed by atoms with Crippen LogP contribution in [0.2, 0.25) is 0 Å². The summed E-state index contributed by atoms with van der Waals surface area (Å²) in [4.78, 5) is 0. The minimum Gasteiger partial charge on any atom is -0.0885 e. The summed E-state index contributed by atoms with van der Waals surface area (Å²) in [5, 5.41) is 0. The van der Waals surface area contributed by atoms with Crippen LogP contribution < -0.4 is 0 Å². The standard InChI is InChI=1S/C37H70/c1-3-5-7-9-11-13-15-17-19-21-23-25-27-29-31-33-35-37-36-34-32-30-28-26-24-22-20-18-16-14-12-10-8-6-4-2/h17-20H,3-16,21-36H2,1-2H3/b19-17-,20-18-. The maximum atomic E-state index is 3.67. The molecule has 0 aromatic rings. The van der Waals surface area contributed by atoms with Gasteiger partial charge in [-0.05, 0) is 70.6 Å². The van der Waals surface area contributed by atoms with E-state index in [1.54, 1.807) is 0 Å². The van der Waals surface area contributed by atoms with E-state index in [1.165, 1.54) is 193 Å². The van der Waals surface area contributed by atoms with Crippen molar-refractivity contribution < 1.29 is 0 Å². The van der Waals surface area contributed by atoms with Crippen molar-refractivity contribution in [3.05, 3.63) is 30.7 Å². The third-order valence-electron chi connectivity index (χ3n) is 7.73. The van der Waals surface area contributed by atoms with Crippen LogP contribution in [0.15, 0.2) is 24.3 Å². The molecule has 0 rings (SSSR count). The van der Waals surface area contributed by atoms with Crippen LogP contribution in [0, 0.1) is 6.42 Å². The van der Waals surface area contributed by atoms with Crippen LogP contribution in [-0.4, -0.2) is 0 Å². The van der Waals surface area contributed by atoms with Gasteiger partial charge in [0.05, 0.1) is 0 Å². The SMILES string of the molecule is CCCCCCCC/C=C\CCCCCCCC[C]CCCCCCCC/C=C\CCCCCCCC. The Kier molecular flexibility index (Phi) is 35.0. The highest BCUT2D eigenvalue weighted by molar-refractivity contribution is 4.82. The predicted octanol–water partition coefficient (Wildman–Crippen LogP) is 13.9. The minimum absolute atomic E-state index is 1.23. The summed E-state index contributed by atoms with van der Waals surface area (Å²) in [7, 11) is 0. The Morgan fingerprint density at radius 3 is 0.838 bits per heavy atom. The summed E-state index contributed by atoms with van der Waals surface area (Å²) >= 11 is 0. The topological polar surface area (TPSA) is 0 Å². The van der Waals surface area contributed by atoms with Crippen molar-refractivity contribution >= 4 is 0 Å². The van der Waals surface area contributed by atoms with Gasteiger partial charge in [-0.15, -0.1) is 0 Å². The highest BCUT2D eigenvalue weighted by atomic mass is 14.0. The normalized spacial score (nSPS) is 11.9. The molecule has 0 amide bonds. The second kappa shape index (κ2) is 35.5. The lowest BCUT2D eigenvalue weighted by atomic mass is 10.0. The van der Waals surface area contributed by atoms with Crippen LogP contribution in [0.3, 0.4) is 0 Å². The van der Waals surface area contributed by atoms with Crippen LogP contribution >= 0.6 is 0 Å². The molecule has 0 saturated heterocycles. The second-order valence-corrected chi connectivity index (χ2v) is 11.6. The highest BCUT2D eigenvalue weighted by Gasteiger charge is 1.95. The molecular weight excluding hydrogens is 444 g/mol. The van der Waals surface area contributed by atoms with E-state index < -0.39 is 0 Å². The van der Waals surface area contributed by atoms with Gasteiger partial charge < -0.3 is 0 Å². The number of hydrogen-bond donors (Lipinski definition) is 0. The average molecular weight is 515 g/mol. The second-order valence-electron chi connectivity index (χ2n) is 11.6. The van der Waals surface area contributed by atoms with Crippen LogP contribution in [-0.2, 0) is 0 Å². The molecule has 0 heterocycles. The zero-order chi connectivity index (χ0) is 26.7. The van der Waals surface area contributed by atoms with Gasteiger partial charge in [-0.3, -0.25) is 0 Å². The van der Waals surface area contributed by atoms with E-state index in [4.69, 9.17) is 0 Å². The van der Waals surface area contributed by atoms with Gasteiger partial charge in [-0.25, -0.2) is 0 Å². The van der Waals surface area contributed by atoms with Crippen LogP contribution in [0.25, 0.3) is 0 Å². The third kappa shape index (κ3) is 35.5. The van der Waals surface area contributed by atoms with E-state index in [0.717, 1.165) is 0 Å². The molecule has 0 heteroatoms. The summed E-state index contributed by atoms with van der Waals surface area (Å²) in [6, 6.07) is 0. The molecule has 0 aromatic carbocycles. The largest absolute Gasteiger partial charge is 0.0885 e. The molecule has 2 radical (unpaired) electrons. The average Bonchev–Trinajstić information content (AvgIpc) is 2.91. The molecular formula is C37H70. The molecule has 0 aliphatic rings. The van der Waals surface area contributed by atoms with Gasteiger partial charge in [-0.1, -0.05) is 167 Å². The summed E-state index contributed by atoms with van der Waals surface area (Å²) in [6.45, 7) is 4.59. The van der Waals surface area contributed by atoms with Crippen molar-refractivity contribution in [3.8, 4) is 0 Å². The molecule has 0 aromatic heterocycles. The van der Waals surface area contributed by atoms with E-state index in [2.05, 4.69) is 44.6 Å². The highest BCUT2D eigenvalue weighted by Crippen LogP contribution is 2.14. The lowest BCUT2D eigenvalue weighted by molar-refractivity contribution is 0.573. The molecule has 0 saturated carbocycles. The van der Waals surface area contributed by atoms with Crippen molar-refractivity contribution in [1.29, 1.82) is 0 Å². The Bertz CT molecular complexity index is 391. The van der Waals surface area contributed by atoms with Crippen molar-refractivity contribution in [1.82, 2.24) is 0 Å². The maximum Gasteiger partial charge on any atom is -0.0173 e. The molecule has 0 bridgehead atoms. The molecule has 0 fully saturated rings. The summed E-state index contributed by atoms with van der Waals surface area (Å²) in [5.74, 6) is 0. The predicted molar refractivity (Wildman–Crippen MR) is 171 cm³/mol. The van der Waals surface area contributed by atoms with Crippen molar-refractivity contribution in [2.45, 2.75) is 206 Å². The molecule has 0 aliphatic heterocycles. The van der Waals surface area contributed by atoms with Gasteiger partial charge in [0.2, 0.25) is 0 Å². The number of hydrogen-bond acceptors (Lipinski definition) is 0. The van der Waals surface area contributed by atoms with E-state index in [1.807, 2.05) is 0 Å². The van der Waals surface area contributed by atoms with Crippen LogP contribution in [0.5, 0.6) is 0 Å². The molecule has 0 aliphatic carbocycles. The fourth-order valence-electron chi connectivity index (χ4n) is 5.12. The van der Waals surface area contributed by atoms with Gasteiger partial charge in [-0.2, -0.15) is 0 Å². The Labute approximate surface area is 236 Å². The zero-order valence-corrected chi connectivity index (χ0v) is 26.0. The van der Waals surface area contributed by atoms with E-state index in [0.29, 0.717) is 0 Å². The first-order chi connectivity index (χ1) is 18.4. The van der Waals surface area contributed by atoms with E-state index in [9.17, 15) is 0 Å². The van der Waals surface area contributed by atoms with Gasteiger partial charge in [0.25, 0.3) is 0 Å². The van der Waals surface area contributed by atoms with Gasteiger partial charge in [0, 0.05) is 0 Å². The Morgan fingerprint density at radius 1 is 0.297 bits per heavy atom. The lowest BCUT2D eigenvalue weighted by Gasteiger charge is -2.03. The van der Waals surface area contributed by atoms with E-state index >= 15 is 0 Å². The molecule has 218 valence electrons. The fraction of sp³-hybridized carbons (Fsp3) is 0.865. The van der Waals surface area contributed by atoms with Crippen molar-refractivity contribution in [2.75, 3.05) is 0 Å². The fourth-order valence-corrected chi connectivity index (χ4v) is 5.12. The molecule has 37 heavy (non-hydrogen) atoms. The monoisotopic (exact) mass is 515 g/mol. The summed E-state index contributed by atoms with van der Waals surface area (Å²) in [5.41, 5.74) is 0.